The van der Waals surface area contributed by atoms with Crippen LogP contribution in [0.15, 0.2) is 42.5 Å². The number of benzene rings is 2. The van der Waals surface area contributed by atoms with E-state index in [1.54, 1.807) is 19.1 Å². The van der Waals surface area contributed by atoms with Crippen LogP contribution in [0.5, 0.6) is 0 Å². The predicted molar refractivity (Wildman–Crippen MR) is 129 cm³/mol. The molecule has 0 spiro atoms. The van der Waals surface area contributed by atoms with Crippen molar-refractivity contribution in [2.45, 2.75) is 39.3 Å². The zero-order chi connectivity index (χ0) is 24.0. The van der Waals surface area contributed by atoms with Gasteiger partial charge < -0.3 is 15.0 Å². The Hall–Kier alpha value is -3.52. The second-order valence-electron chi connectivity index (χ2n) is 8.76. The van der Waals surface area contributed by atoms with Crippen molar-refractivity contribution < 1.29 is 14.3 Å². The van der Waals surface area contributed by atoms with Gasteiger partial charge in [-0.05, 0) is 74.1 Å². The van der Waals surface area contributed by atoms with Crippen LogP contribution in [-0.4, -0.2) is 36.6 Å². The molecule has 2 aromatic carbocycles. The Balaban J connectivity index is 1.74. The lowest BCUT2D eigenvalue weighted by Crippen LogP contribution is -2.20. The highest BCUT2D eigenvalue weighted by molar-refractivity contribution is 6.30. The number of carboxylic acids is 1. The maximum Gasteiger partial charge on any atom is 0.374 e. The molecule has 4 aromatic rings. The fraction of sp³-hybridized carbons (Fsp3) is 0.280. The third kappa shape index (κ3) is 4.33. The number of hydrogen-bond donors (Lipinski definition) is 2. The van der Waals surface area contributed by atoms with E-state index in [1.807, 2.05) is 28.8 Å². The first-order chi connectivity index (χ1) is 16.3. The number of carbonyl (C=O) groups is 1. The van der Waals surface area contributed by atoms with Gasteiger partial charge in [-0.15, -0.1) is 0 Å². The first-order valence-corrected chi connectivity index (χ1v) is 11.5. The quantitative estimate of drug-likeness (QED) is 0.361. The topological polar surface area (TPSA) is 92.9 Å². The smallest absolute Gasteiger partial charge is 0.374 e. The number of anilines is 1. The number of hydrogen-bond acceptors (Lipinski definition) is 5. The zero-order valence-corrected chi connectivity index (χ0v) is 19.5. The zero-order valence-electron chi connectivity index (χ0n) is 18.7. The van der Waals surface area contributed by atoms with Crippen molar-refractivity contribution in [2.24, 2.45) is 5.92 Å². The Bertz CT molecular complexity index is 1400. The number of nitrogens with zero attached hydrogens (tertiary/aromatic N) is 4. The van der Waals surface area contributed by atoms with Crippen LogP contribution in [0, 0.1) is 18.7 Å². The molecule has 0 bridgehead atoms. The summed E-state index contributed by atoms with van der Waals surface area (Å²) in [4.78, 5) is 25.0. The van der Waals surface area contributed by atoms with Gasteiger partial charge >= 0.3 is 5.97 Å². The molecule has 1 fully saturated rings. The van der Waals surface area contributed by atoms with Gasteiger partial charge in [0.15, 0.2) is 11.5 Å². The van der Waals surface area contributed by atoms with E-state index in [4.69, 9.17) is 16.6 Å². The molecule has 2 heterocycles. The molecule has 34 heavy (non-hydrogen) atoms. The van der Waals surface area contributed by atoms with Gasteiger partial charge in [-0.1, -0.05) is 23.7 Å². The highest BCUT2D eigenvalue weighted by Crippen LogP contribution is 2.36. The van der Waals surface area contributed by atoms with Crippen molar-refractivity contribution >= 4 is 34.6 Å². The fourth-order valence-corrected chi connectivity index (χ4v) is 4.22. The molecule has 174 valence electrons. The van der Waals surface area contributed by atoms with E-state index in [-0.39, 0.29) is 23.3 Å². The van der Waals surface area contributed by atoms with Crippen LogP contribution in [-0.2, 0) is 6.54 Å². The number of carboxylic acid groups (broad SMARTS) is 1. The predicted octanol–water partition coefficient (Wildman–Crippen LogP) is 5.55. The monoisotopic (exact) mass is 479 g/mol. The highest BCUT2D eigenvalue weighted by Gasteiger charge is 2.30. The number of nitrogens with one attached hydrogen (secondary N) is 1. The molecular weight excluding hydrogens is 457 g/mol. The number of fused-ring (bicyclic) bond motifs is 1. The molecule has 0 saturated heterocycles. The Morgan fingerprint density at radius 1 is 1.21 bits per heavy atom. The minimum atomic E-state index is -1.23. The first-order valence-electron chi connectivity index (χ1n) is 11.1. The maximum atomic E-state index is 14.0. The number of halogens is 2. The van der Waals surface area contributed by atoms with E-state index in [0.717, 1.165) is 18.4 Å². The van der Waals surface area contributed by atoms with Crippen LogP contribution in [0.1, 0.15) is 41.5 Å². The summed E-state index contributed by atoms with van der Waals surface area (Å²) in [7, 11) is 0. The molecule has 2 aromatic heterocycles. The van der Waals surface area contributed by atoms with E-state index in [2.05, 4.69) is 22.2 Å². The lowest BCUT2D eigenvalue weighted by molar-refractivity contribution is 0.0684. The van der Waals surface area contributed by atoms with Gasteiger partial charge in [0.2, 0.25) is 5.82 Å². The van der Waals surface area contributed by atoms with Gasteiger partial charge in [0.1, 0.15) is 17.2 Å². The Kier molecular flexibility index (Phi) is 5.69. The molecule has 0 radical (unpaired) electrons. The van der Waals surface area contributed by atoms with Gasteiger partial charge in [0.25, 0.3) is 0 Å². The Morgan fingerprint density at radius 2 is 1.94 bits per heavy atom. The van der Waals surface area contributed by atoms with E-state index in [9.17, 15) is 14.3 Å². The summed E-state index contributed by atoms with van der Waals surface area (Å²) >= 11 is 6.07. The summed E-state index contributed by atoms with van der Waals surface area (Å²) in [6.07, 6.45) is 2.25. The molecule has 7 nitrogen and oxygen atoms in total. The van der Waals surface area contributed by atoms with Gasteiger partial charge in [-0.3, -0.25) is 0 Å². The standard InChI is InChI=1S/C25H23ClFN5O2/c1-13-11-17(7-10-19(13)27)24-31-22-20(32(24)12-15-3-8-18(26)9-4-15)21(28-14(2)16-5-6-16)29-23(30-22)25(33)34/h3-4,7-11,14,16H,5-6,12H2,1-2H3,(H,33,34)(H,28,29,30)/t14-/m1/s1. The maximum absolute atomic E-state index is 14.0. The summed E-state index contributed by atoms with van der Waals surface area (Å²) < 4.78 is 15.9. The SMILES string of the molecule is Cc1cc(-c2nc3nc(C(=O)O)nc(N[C@H](C)C4CC4)c3n2Cc2ccc(Cl)cc2)ccc1F. The van der Waals surface area contributed by atoms with Crippen LogP contribution in [0.4, 0.5) is 10.2 Å². The summed E-state index contributed by atoms with van der Waals surface area (Å²) in [6, 6.07) is 12.4. The Morgan fingerprint density at radius 3 is 2.59 bits per heavy atom. The van der Waals surface area contributed by atoms with Crippen LogP contribution >= 0.6 is 11.6 Å². The fourth-order valence-electron chi connectivity index (χ4n) is 4.09. The summed E-state index contributed by atoms with van der Waals surface area (Å²) in [6.45, 7) is 4.18. The van der Waals surface area contributed by atoms with Crippen LogP contribution in [0.3, 0.4) is 0 Å². The van der Waals surface area contributed by atoms with Gasteiger partial charge in [-0.25, -0.2) is 24.1 Å². The molecule has 1 saturated carbocycles. The van der Waals surface area contributed by atoms with Crippen molar-refractivity contribution in [2.75, 3.05) is 5.32 Å². The number of rotatable bonds is 7. The minimum Gasteiger partial charge on any atom is -0.475 e. The minimum absolute atomic E-state index is 0.121. The molecule has 5 rings (SSSR count). The molecule has 9 heteroatoms. The lowest BCUT2D eigenvalue weighted by atomic mass is 10.1. The highest BCUT2D eigenvalue weighted by atomic mass is 35.5. The average Bonchev–Trinajstić information content (AvgIpc) is 3.59. The molecule has 0 unspecified atom stereocenters. The largest absolute Gasteiger partial charge is 0.475 e. The van der Waals surface area contributed by atoms with Gasteiger partial charge in [0, 0.05) is 23.2 Å². The number of aromatic carboxylic acids is 1. The molecule has 0 amide bonds. The van der Waals surface area contributed by atoms with Crippen molar-refractivity contribution in [3.8, 4) is 11.4 Å². The van der Waals surface area contributed by atoms with Crippen LogP contribution < -0.4 is 5.32 Å². The van der Waals surface area contributed by atoms with E-state index in [0.29, 0.717) is 45.8 Å². The van der Waals surface area contributed by atoms with Crippen LogP contribution in [0.25, 0.3) is 22.6 Å². The third-order valence-electron chi connectivity index (χ3n) is 6.16. The first kappa shape index (κ1) is 22.3. The van der Waals surface area contributed by atoms with Crippen LogP contribution in [0.2, 0.25) is 5.02 Å². The molecule has 1 aliphatic carbocycles. The van der Waals surface area contributed by atoms with Gasteiger partial charge in [-0.2, -0.15) is 0 Å². The van der Waals surface area contributed by atoms with Crippen molar-refractivity contribution in [3.05, 3.63) is 70.3 Å². The third-order valence-corrected chi connectivity index (χ3v) is 6.41. The molecular formula is C25H23ClFN5O2. The van der Waals surface area contributed by atoms with Crippen molar-refractivity contribution in [1.82, 2.24) is 19.5 Å². The van der Waals surface area contributed by atoms with Crippen molar-refractivity contribution in [3.63, 3.8) is 0 Å². The molecule has 0 aliphatic heterocycles. The van der Waals surface area contributed by atoms with E-state index >= 15 is 0 Å². The summed E-state index contributed by atoms with van der Waals surface area (Å²) in [5, 5.41) is 13.6. The number of aryl methyl sites for hydroxylation is 1. The van der Waals surface area contributed by atoms with E-state index < -0.39 is 5.97 Å². The van der Waals surface area contributed by atoms with E-state index in [1.165, 1.54) is 6.07 Å². The van der Waals surface area contributed by atoms with Gasteiger partial charge in [0.05, 0.1) is 0 Å². The Labute approximate surface area is 200 Å². The summed E-state index contributed by atoms with van der Waals surface area (Å²) in [5.74, 6) is -0.366. The number of imidazole rings is 1. The second kappa shape index (κ2) is 8.68. The average molecular weight is 480 g/mol. The molecule has 2 N–H and O–H groups in total. The summed E-state index contributed by atoms with van der Waals surface area (Å²) in [5.41, 5.74) is 3.02. The molecule has 1 atom stereocenters. The molecule has 1 aliphatic rings. The number of aromatic nitrogens is 4. The normalized spacial score (nSPS) is 14.4. The lowest BCUT2D eigenvalue weighted by Gasteiger charge is -2.17. The van der Waals surface area contributed by atoms with Crippen molar-refractivity contribution in [1.29, 1.82) is 0 Å². The second-order valence-corrected chi connectivity index (χ2v) is 9.19.